The molecule has 0 spiro atoms. The van der Waals surface area contributed by atoms with E-state index in [2.05, 4.69) is 40.8 Å². The van der Waals surface area contributed by atoms with Crippen molar-refractivity contribution in [3.63, 3.8) is 0 Å². The summed E-state index contributed by atoms with van der Waals surface area (Å²) in [4.78, 5) is 13.4. The number of piperidine rings is 1. The molecule has 0 aromatic heterocycles. The van der Waals surface area contributed by atoms with Crippen LogP contribution in [0.3, 0.4) is 0 Å². The highest BCUT2D eigenvalue weighted by molar-refractivity contribution is 5.76. The maximum absolute atomic E-state index is 11.1. The standard InChI is InChI=1S/C15H21N3O/c1-18-7-6-12-8-11(2-4-14(12)18)9-16-13-3-5-15(19)17-10-13/h2,4,8,13,16H,3,5-7,9-10H2,1H3,(H,17,19). The molecule has 1 fully saturated rings. The summed E-state index contributed by atoms with van der Waals surface area (Å²) in [5.41, 5.74) is 4.17. The smallest absolute Gasteiger partial charge is 0.220 e. The van der Waals surface area contributed by atoms with Gasteiger partial charge in [0.15, 0.2) is 0 Å². The van der Waals surface area contributed by atoms with Gasteiger partial charge in [-0.2, -0.15) is 0 Å². The van der Waals surface area contributed by atoms with Gasteiger partial charge in [-0.1, -0.05) is 12.1 Å². The van der Waals surface area contributed by atoms with Crippen molar-refractivity contribution >= 4 is 11.6 Å². The Bertz CT molecular complexity index is 476. The first-order chi connectivity index (χ1) is 9.22. The van der Waals surface area contributed by atoms with E-state index in [-0.39, 0.29) is 5.91 Å². The molecule has 0 bridgehead atoms. The van der Waals surface area contributed by atoms with Crippen molar-refractivity contribution in [2.24, 2.45) is 0 Å². The number of likely N-dealkylation sites (N-methyl/N-ethyl adjacent to an activating group) is 1. The van der Waals surface area contributed by atoms with Gasteiger partial charge in [0, 0.05) is 44.8 Å². The first kappa shape index (κ1) is 12.5. The first-order valence-corrected chi connectivity index (χ1v) is 7.05. The van der Waals surface area contributed by atoms with Gasteiger partial charge in [0.25, 0.3) is 0 Å². The van der Waals surface area contributed by atoms with Gasteiger partial charge in [0.1, 0.15) is 0 Å². The molecule has 4 heteroatoms. The number of hydrogen-bond donors (Lipinski definition) is 2. The van der Waals surface area contributed by atoms with Crippen molar-refractivity contribution in [3.8, 4) is 0 Å². The Kier molecular flexibility index (Phi) is 3.42. The number of nitrogens with one attached hydrogen (secondary N) is 2. The molecule has 1 saturated heterocycles. The lowest BCUT2D eigenvalue weighted by Crippen LogP contribution is -2.45. The van der Waals surface area contributed by atoms with E-state index in [1.807, 2.05) is 0 Å². The molecule has 2 aliphatic rings. The van der Waals surface area contributed by atoms with Crippen LogP contribution in [-0.4, -0.2) is 32.1 Å². The molecule has 1 amide bonds. The van der Waals surface area contributed by atoms with E-state index in [1.54, 1.807) is 0 Å². The Morgan fingerprint density at radius 3 is 3.11 bits per heavy atom. The van der Waals surface area contributed by atoms with Gasteiger partial charge in [0.2, 0.25) is 5.91 Å². The molecule has 0 radical (unpaired) electrons. The van der Waals surface area contributed by atoms with E-state index in [0.717, 1.165) is 32.5 Å². The van der Waals surface area contributed by atoms with E-state index >= 15 is 0 Å². The summed E-state index contributed by atoms with van der Waals surface area (Å²) < 4.78 is 0. The van der Waals surface area contributed by atoms with Crippen LogP contribution in [0.4, 0.5) is 5.69 Å². The third kappa shape index (κ3) is 2.73. The Hall–Kier alpha value is -1.55. The summed E-state index contributed by atoms with van der Waals surface area (Å²) in [5, 5.41) is 6.44. The zero-order valence-corrected chi connectivity index (χ0v) is 11.4. The van der Waals surface area contributed by atoms with Crippen molar-refractivity contribution in [1.82, 2.24) is 10.6 Å². The van der Waals surface area contributed by atoms with E-state index in [0.29, 0.717) is 12.5 Å². The summed E-state index contributed by atoms with van der Waals surface area (Å²) in [6.45, 7) is 2.77. The number of benzene rings is 1. The zero-order chi connectivity index (χ0) is 13.2. The second-order valence-corrected chi connectivity index (χ2v) is 5.56. The number of anilines is 1. The molecule has 19 heavy (non-hydrogen) atoms. The largest absolute Gasteiger partial charge is 0.374 e. The molecule has 1 aromatic rings. The van der Waals surface area contributed by atoms with E-state index in [4.69, 9.17) is 0 Å². The minimum atomic E-state index is 0.179. The Morgan fingerprint density at radius 2 is 2.32 bits per heavy atom. The van der Waals surface area contributed by atoms with Crippen molar-refractivity contribution in [2.75, 3.05) is 25.0 Å². The van der Waals surface area contributed by atoms with Gasteiger partial charge in [-0.25, -0.2) is 0 Å². The molecule has 2 aliphatic heterocycles. The number of carbonyl (C=O) groups is 1. The molecule has 2 heterocycles. The highest BCUT2D eigenvalue weighted by Crippen LogP contribution is 2.27. The Balaban J connectivity index is 1.57. The summed E-state index contributed by atoms with van der Waals surface area (Å²) >= 11 is 0. The molecular weight excluding hydrogens is 238 g/mol. The average molecular weight is 259 g/mol. The minimum Gasteiger partial charge on any atom is -0.374 e. The van der Waals surface area contributed by atoms with Crippen LogP contribution in [0.1, 0.15) is 24.0 Å². The molecule has 1 unspecified atom stereocenters. The van der Waals surface area contributed by atoms with Crippen molar-refractivity contribution in [2.45, 2.75) is 31.8 Å². The molecule has 0 saturated carbocycles. The lowest BCUT2D eigenvalue weighted by molar-refractivity contribution is -0.122. The maximum Gasteiger partial charge on any atom is 0.220 e. The van der Waals surface area contributed by atoms with Gasteiger partial charge in [-0.15, -0.1) is 0 Å². The maximum atomic E-state index is 11.1. The minimum absolute atomic E-state index is 0.179. The van der Waals surface area contributed by atoms with Crippen LogP contribution in [-0.2, 0) is 17.8 Å². The quantitative estimate of drug-likeness (QED) is 0.853. The fraction of sp³-hybridized carbons (Fsp3) is 0.533. The second-order valence-electron chi connectivity index (χ2n) is 5.56. The molecule has 1 aromatic carbocycles. The molecule has 102 valence electrons. The van der Waals surface area contributed by atoms with E-state index in [1.165, 1.54) is 16.8 Å². The lowest BCUT2D eigenvalue weighted by Gasteiger charge is -2.23. The van der Waals surface area contributed by atoms with Crippen LogP contribution in [0, 0.1) is 0 Å². The van der Waals surface area contributed by atoms with Crippen LogP contribution >= 0.6 is 0 Å². The third-order valence-corrected chi connectivity index (χ3v) is 4.13. The zero-order valence-electron chi connectivity index (χ0n) is 11.4. The van der Waals surface area contributed by atoms with Gasteiger partial charge in [-0.05, 0) is 30.0 Å². The second kappa shape index (κ2) is 5.21. The van der Waals surface area contributed by atoms with Crippen molar-refractivity contribution < 1.29 is 4.79 Å². The van der Waals surface area contributed by atoms with Gasteiger partial charge < -0.3 is 15.5 Å². The molecule has 2 N–H and O–H groups in total. The summed E-state index contributed by atoms with van der Waals surface area (Å²) in [6.07, 6.45) is 2.74. The van der Waals surface area contributed by atoms with Crippen LogP contribution in [0.15, 0.2) is 18.2 Å². The number of fused-ring (bicyclic) bond motifs is 1. The van der Waals surface area contributed by atoms with Gasteiger partial charge >= 0.3 is 0 Å². The number of amides is 1. The predicted molar refractivity (Wildman–Crippen MR) is 76.3 cm³/mol. The third-order valence-electron chi connectivity index (χ3n) is 4.13. The lowest BCUT2D eigenvalue weighted by atomic mass is 10.1. The fourth-order valence-electron chi connectivity index (χ4n) is 2.90. The normalized spacial score (nSPS) is 22.3. The highest BCUT2D eigenvalue weighted by Gasteiger charge is 2.18. The van der Waals surface area contributed by atoms with Gasteiger partial charge in [-0.3, -0.25) is 4.79 Å². The summed E-state index contributed by atoms with van der Waals surface area (Å²) in [6, 6.07) is 7.15. The SMILES string of the molecule is CN1CCc2cc(CNC3CCC(=O)NC3)ccc21. The summed E-state index contributed by atoms with van der Waals surface area (Å²) in [7, 11) is 2.15. The van der Waals surface area contributed by atoms with Crippen LogP contribution in [0.25, 0.3) is 0 Å². The topological polar surface area (TPSA) is 44.4 Å². The van der Waals surface area contributed by atoms with Crippen molar-refractivity contribution in [1.29, 1.82) is 0 Å². The molecule has 3 rings (SSSR count). The number of rotatable bonds is 3. The monoisotopic (exact) mass is 259 g/mol. The molecule has 0 aliphatic carbocycles. The Labute approximate surface area is 114 Å². The summed E-state index contributed by atoms with van der Waals surface area (Å²) in [5.74, 6) is 0.179. The fourth-order valence-corrected chi connectivity index (χ4v) is 2.90. The van der Waals surface area contributed by atoms with Gasteiger partial charge in [0.05, 0.1) is 0 Å². The highest BCUT2D eigenvalue weighted by atomic mass is 16.1. The van der Waals surface area contributed by atoms with Crippen molar-refractivity contribution in [3.05, 3.63) is 29.3 Å². The van der Waals surface area contributed by atoms with Crippen LogP contribution in [0.5, 0.6) is 0 Å². The number of nitrogens with zero attached hydrogens (tertiary/aromatic N) is 1. The average Bonchev–Trinajstić information content (AvgIpc) is 2.79. The van der Waals surface area contributed by atoms with Crippen LogP contribution < -0.4 is 15.5 Å². The predicted octanol–water partition coefficient (Wildman–Crippen LogP) is 1.05. The first-order valence-electron chi connectivity index (χ1n) is 7.05. The number of carbonyl (C=O) groups excluding carboxylic acids is 1. The van der Waals surface area contributed by atoms with E-state index < -0.39 is 0 Å². The van der Waals surface area contributed by atoms with E-state index in [9.17, 15) is 4.79 Å². The molecule has 4 nitrogen and oxygen atoms in total. The molecule has 1 atom stereocenters. The Morgan fingerprint density at radius 1 is 1.42 bits per heavy atom. The van der Waals surface area contributed by atoms with Crippen LogP contribution in [0.2, 0.25) is 0 Å². The molecular formula is C15H21N3O. The number of hydrogen-bond acceptors (Lipinski definition) is 3.